The van der Waals surface area contributed by atoms with Crippen LogP contribution in [0.3, 0.4) is 0 Å². The van der Waals surface area contributed by atoms with Crippen molar-refractivity contribution in [1.82, 2.24) is 9.80 Å². The number of imide groups is 1. The SMILES string of the molecule is Cc1ccc2c(c1)C(=O)N(C(C)C(=O)N1CCC(C(=O)O)CC1)C2=O. The second kappa shape index (κ2) is 6.31. The molecule has 0 bridgehead atoms. The zero-order valence-corrected chi connectivity index (χ0v) is 14.2. The lowest BCUT2D eigenvalue weighted by Gasteiger charge is -2.33. The fraction of sp³-hybridized carbons (Fsp3) is 0.444. The summed E-state index contributed by atoms with van der Waals surface area (Å²) < 4.78 is 0. The molecule has 1 unspecified atom stereocenters. The molecule has 1 saturated heterocycles. The van der Waals surface area contributed by atoms with E-state index in [9.17, 15) is 19.2 Å². The number of amides is 3. The van der Waals surface area contributed by atoms with Gasteiger partial charge in [-0.2, -0.15) is 0 Å². The van der Waals surface area contributed by atoms with Gasteiger partial charge in [0.15, 0.2) is 0 Å². The highest BCUT2D eigenvalue weighted by molar-refractivity contribution is 6.22. The molecule has 1 fully saturated rings. The summed E-state index contributed by atoms with van der Waals surface area (Å²) in [5.74, 6) is -2.53. The highest BCUT2D eigenvalue weighted by Crippen LogP contribution is 2.27. The monoisotopic (exact) mass is 344 g/mol. The highest BCUT2D eigenvalue weighted by Gasteiger charge is 2.42. The number of carboxylic acid groups (broad SMARTS) is 1. The van der Waals surface area contributed by atoms with E-state index in [0.717, 1.165) is 10.5 Å². The topological polar surface area (TPSA) is 95.0 Å². The number of fused-ring (bicyclic) bond motifs is 1. The van der Waals surface area contributed by atoms with Gasteiger partial charge in [-0.3, -0.25) is 24.1 Å². The molecule has 3 rings (SSSR count). The van der Waals surface area contributed by atoms with Gasteiger partial charge in [-0.15, -0.1) is 0 Å². The Hall–Kier alpha value is -2.70. The van der Waals surface area contributed by atoms with Crippen molar-refractivity contribution >= 4 is 23.7 Å². The lowest BCUT2D eigenvalue weighted by molar-refractivity contribution is -0.146. The zero-order chi connectivity index (χ0) is 18.3. The minimum atomic E-state index is -0.908. The van der Waals surface area contributed by atoms with Gasteiger partial charge in [0.25, 0.3) is 11.8 Å². The van der Waals surface area contributed by atoms with E-state index in [1.165, 1.54) is 0 Å². The third-order valence-electron chi connectivity index (χ3n) is 4.97. The molecule has 1 aromatic rings. The molecule has 2 aliphatic rings. The fourth-order valence-electron chi connectivity index (χ4n) is 3.45. The van der Waals surface area contributed by atoms with Gasteiger partial charge in [-0.05, 0) is 38.8 Å². The van der Waals surface area contributed by atoms with Crippen LogP contribution in [0.15, 0.2) is 18.2 Å². The second-order valence-electron chi connectivity index (χ2n) is 6.64. The van der Waals surface area contributed by atoms with Gasteiger partial charge in [0.1, 0.15) is 6.04 Å². The molecule has 7 nitrogen and oxygen atoms in total. The van der Waals surface area contributed by atoms with Crippen molar-refractivity contribution in [1.29, 1.82) is 0 Å². The van der Waals surface area contributed by atoms with Crippen LogP contribution in [0.25, 0.3) is 0 Å². The summed E-state index contributed by atoms with van der Waals surface area (Å²) in [5.41, 5.74) is 1.52. The molecular weight excluding hydrogens is 324 g/mol. The second-order valence-corrected chi connectivity index (χ2v) is 6.64. The van der Waals surface area contributed by atoms with Crippen molar-refractivity contribution in [2.24, 2.45) is 5.92 Å². The van der Waals surface area contributed by atoms with Crippen LogP contribution in [-0.2, 0) is 9.59 Å². The maximum absolute atomic E-state index is 12.7. The number of benzene rings is 1. The van der Waals surface area contributed by atoms with E-state index >= 15 is 0 Å². The lowest BCUT2D eigenvalue weighted by Crippen LogP contribution is -2.51. The van der Waals surface area contributed by atoms with Crippen molar-refractivity contribution in [2.45, 2.75) is 32.7 Å². The molecule has 0 saturated carbocycles. The van der Waals surface area contributed by atoms with E-state index in [-0.39, 0.29) is 5.91 Å². The normalized spacial score (nSPS) is 19.1. The summed E-state index contributed by atoms with van der Waals surface area (Å²) in [7, 11) is 0. The number of carbonyl (C=O) groups excluding carboxylic acids is 3. The number of hydrogen-bond acceptors (Lipinski definition) is 4. The van der Waals surface area contributed by atoms with Crippen LogP contribution in [0.5, 0.6) is 0 Å². The van der Waals surface area contributed by atoms with E-state index in [0.29, 0.717) is 37.1 Å². The van der Waals surface area contributed by atoms with Crippen LogP contribution in [0.2, 0.25) is 0 Å². The number of carbonyl (C=O) groups is 4. The molecule has 25 heavy (non-hydrogen) atoms. The number of rotatable bonds is 3. The first-order valence-electron chi connectivity index (χ1n) is 8.31. The maximum atomic E-state index is 12.7. The van der Waals surface area contributed by atoms with Crippen molar-refractivity contribution in [3.8, 4) is 0 Å². The molecule has 7 heteroatoms. The van der Waals surface area contributed by atoms with Crippen LogP contribution in [0, 0.1) is 12.8 Å². The van der Waals surface area contributed by atoms with Crippen LogP contribution in [0.1, 0.15) is 46.0 Å². The maximum Gasteiger partial charge on any atom is 0.306 e. The van der Waals surface area contributed by atoms with Gasteiger partial charge in [-0.25, -0.2) is 0 Å². The third-order valence-corrected chi connectivity index (χ3v) is 4.97. The zero-order valence-electron chi connectivity index (χ0n) is 14.2. The van der Waals surface area contributed by atoms with Crippen LogP contribution >= 0.6 is 0 Å². The van der Waals surface area contributed by atoms with E-state index in [1.54, 1.807) is 30.0 Å². The summed E-state index contributed by atoms with van der Waals surface area (Å²) in [6, 6.07) is 4.12. The summed E-state index contributed by atoms with van der Waals surface area (Å²) >= 11 is 0. The average molecular weight is 344 g/mol. The first-order chi connectivity index (χ1) is 11.8. The van der Waals surface area contributed by atoms with E-state index in [2.05, 4.69) is 0 Å². The lowest BCUT2D eigenvalue weighted by atomic mass is 9.96. The Labute approximate surface area is 145 Å². The Morgan fingerprint density at radius 1 is 1.12 bits per heavy atom. The number of piperidine rings is 1. The number of hydrogen-bond donors (Lipinski definition) is 1. The van der Waals surface area contributed by atoms with Crippen LogP contribution in [0.4, 0.5) is 0 Å². The molecule has 2 aliphatic heterocycles. The molecular formula is C18H20N2O5. The predicted octanol–water partition coefficient (Wildman–Crippen LogP) is 1.30. The molecule has 0 aliphatic carbocycles. The van der Waals surface area contributed by atoms with Gasteiger partial charge >= 0.3 is 5.97 Å². The number of aryl methyl sites for hydroxylation is 1. The Morgan fingerprint density at radius 3 is 2.32 bits per heavy atom. The van der Waals surface area contributed by atoms with Crippen molar-refractivity contribution in [3.63, 3.8) is 0 Å². The number of likely N-dealkylation sites (tertiary alicyclic amines) is 1. The van der Waals surface area contributed by atoms with Gasteiger partial charge in [0.2, 0.25) is 5.91 Å². The standard InChI is InChI=1S/C18H20N2O5/c1-10-3-4-13-14(9-10)17(23)20(16(13)22)11(2)15(21)19-7-5-12(6-8-19)18(24)25/h3-4,9,11-12H,5-8H2,1-2H3,(H,24,25). The third kappa shape index (κ3) is 2.90. The minimum absolute atomic E-state index is 0.319. The predicted molar refractivity (Wildman–Crippen MR) is 88.1 cm³/mol. The number of nitrogens with zero attached hydrogens (tertiary/aromatic N) is 2. The Morgan fingerprint density at radius 2 is 1.72 bits per heavy atom. The molecule has 0 aromatic heterocycles. The van der Waals surface area contributed by atoms with Gasteiger partial charge in [0, 0.05) is 13.1 Å². The van der Waals surface area contributed by atoms with Crippen molar-refractivity contribution < 1.29 is 24.3 Å². The van der Waals surface area contributed by atoms with Crippen molar-refractivity contribution in [2.75, 3.05) is 13.1 Å². The molecule has 1 N–H and O–H groups in total. The molecule has 132 valence electrons. The summed E-state index contributed by atoms with van der Waals surface area (Å²) in [6.45, 7) is 4.02. The van der Waals surface area contributed by atoms with Gasteiger partial charge in [-0.1, -0.05) is 11.6 Å². The van der Waals surface area contributed by atoms with E-state index < -0.39 is 29.7 Å². The largest absolute Gasteiger partial charge is 0.481 e. The fourth-order valence-corrected chi connectivity index (χ4v) is 3.45. The minimum Gasteiger partial charge on any atom is -0.481 e. The summed E-state index contributed by atoms with van der Waals surface area (Å²) in [6.07, 6.45) is 0.768. The molecule has 0 spiro atoms. The summed E-state index contributed by atoms with van der Waals surface area (Å²) in [4.78, 5) is 51.4. The molecule has 2 heterocycles. The smallest absolute Gasteiger partial charge is 0.306 e. The van der Waals surface area contributed by atoms with E-state index in [1.807, 2.05) is 6.92 Å². The first-order valence-corrected chi connectivity index (χ1v) is 8.31. The quantitative estimate of drug-likeness (QED) is 0.834. The van der Waals surface area contributed by atoms with Gasteiger partial charge < -0.3 is 10.0 Å². The molecule has 1 aromatic carbocycles. The molecule has 1 atom stereocenters. The Kier molecular flexibility index (Phi) is 4.32. The Bertz CT molecular complexity index is 765. The van der Waals surface area contributed by atoms with Crippen LogP contribution in [-0.4, -0.2) is 57.7 Å². The highest BCUT2D eigenvalue weighted by atomic mass is 16.4. The van der Waals surface area contributed by atoms with Gasteiger partial charge in [0.05, 0.1) is 17.0 Å². The number of carboxylic acids is 1. The Balaban J connectivity index is 1.74. The molecule has 3 amide bonds. The molecule has 0 radical (unpaired) electrons. The van der Waals surface area contributed by atoms with Crippen LogP contribution < -0.4 is 0 Å². The first kappa shape index (κ1) is 17.1. The number of aliphatic carboxylic acids is 1. The van der Waals surface area contributed by atoms with Crippen molar-refractivity contribution in [3.05, 3.63) is 34.9 Å². The summed E-state index contributed by atoms with van der Waals surface area (Å²) in [5, 5.41) is 9.04. The van der Waals surface area contributed by atoms with E-state index in [4.69, 9.17) is 5.11 Å². The average Bonchev–Trinajstić information content (AvgIpc) is 2.84.